The van der Waals surface area contributed by atoms with Crippen molar-refractivity contribution in [3.05, 3.63) is 176 Å². The number of hydrogen-bond donors (Lipinski definition) is 0. The van der Waals surface area contributed by atoms with E-state index in [1.807, 2.05) is 0 Å². The van der Waals surface area contributed by atoms with Crippen LogP contribution in [0, 0.1) is 0 Å². The summed E-state index contributed by atoms with van der Waals surface area (Å²) in [5.41, 5.74) is 13.1. The average Bonchev–Trinajstić information content (AvgIpc) is 3.48. The molecule has 0 amide bonds. The van der Waals surface area contributed by atoms with Crippen LogP contribution in [0.2, 0.25) is 0 Å². The standard InChI is InChI=1S/C46H38N2/c1-46(2,3)48-44-23-11-10-22-42(44)43-32-38(26-29-45(43)48)35-24-27-39(28-25-35)47(40-20-12-18-36(30-40)33-14-6-4-7-15-33)41-21-13-19-37(31-41)34-16-8-5-9-17-34/h4-32H,1-3H3. The summed E-state index contributed by atoms with van der Waals surface area (Å²) < 4.78 is 2.47. The van der Waals surface area contributed by atoms with Crippen LogP contribution < -0.4 is 4.90 Å². The third-order valence-electron chi connectivity index (χ3n) is 9.23. The van der Waals surface area contributed by atoms with Crippen molar-refractivity contribution in [2.45, 2.75) is 26.3 Å². The van der Waals surface area contributed by atoms with Gasteiger partial charge in [0.15, 0.2) is 0 Å². The van der Waals surface area contributed by atoms with Crippen molar-refractivity contribution in [1.82, 2.24) is 4.57 Å². The Morgan fingerprint density at radius 3 is 1.40 bits per heavy atom. The largest absolute Gasteiger partial charge is 0.335 e. The third kappa shape index (κ3) is 5.46. The second-order valence-electron chi connectivity index (χ2n) is 13.5. The molecule has 0 saturated carbocycles. The number of benzene rings is 7. The first-order chi connectivity index (χ1) is 23.4. The molecule has 0 aliphatic heterocycles. The Hall–Kier alpha value is -5.86. The Morgan fingerprint density at radius 1 is 0.354 bits per heavy atom. The van der Waals surface area contributed by atoms with Crippen LogP contribution >= 0.6 is 0 Å². The molecule has 0 saturated heterocycles. The van der Waals surface area contributed by atoms with Crippen LogP contribution in [0.4, 0.5) is 17.1 Å². The van der Waals surface area contributed by atoms with E-state index in [0.29, 0.717) is 0 Å². The van der Waals surface area contributed by atoms with Crippen molar-refractivity contribution in [1.29, 1.82) is 0 Å². The van der Waals surface area contributed by atoms with E-state index in [-0.39, 0.29) is 5.54 Å². The number of hydrogen-bond acceptors (Lipinski definition) is 1. The van der Waals surface area contributed by atoms with Crippen molar-refractivity contribution >= 4 is 38.9 Å². The number of aromatic nitrogens is 1. The van der Waals surface area contributed by atoms with Gasteiger partial charge in [-0.2, -0.15) is 0 Å². The number of rotatable bonds is 6. The lowest BCUT2D eigenvalue weighted by atomic mass is 10.0. The third-order valence-corrected chi connectivity index (χ3v) is 9.23. The van der Waals surface area contributed by atoms with Crippen LogP contribution in [0.15, 0.2) is 176 Å². The fourth-order valence-corrected chi connectivity index (χ4v) is 7.04. The lowest BCUT2D eigenvalue weighted by Crippen LogP contribution is -2.21. The molecule has 1 heterocycles. The topological polar surface area (TPSA) is 8.17 Å². The van der Waals surface area contributed by atoms with Crippen LogP contribution in [0.5, 0.6) is 0 Å². The van der Waals surface area contributed by atoms with Gasteiger partial charge in [-0.25, -0.2) is 0 Å². The zero-order valence-electron chi connectivity index (χ0n) is 27.6. The van der Waals surface area contributed by atoms with Crippen LogP contribution in [-0.2, 0) is 5.54 Å². The van der Waals surface area contributed by atoms with Crippen molar-refractivity contribution in [3.63, 3.8) is 0 Å². The number of anilines is 3. The minimum absolute atomic E-state index is 0.0242. The molecule has 7 aromatic carbocycles. The quantitative estimate of drug-likeness (QED) is 0.180. The van der Waals surface area contributed by atoms with E-state index >= 15 is 0 Å². The fraction of sp³-hybridized carbons (Fsp3) is 0.0870. The van der Waals surface area contributed by atoms with Gasteiger partial charge < -0.3 is 9.47 Å². The molecule has 2 nitrogen and oxygen atoms in total. The average molecular weight is 619 g/mol. The lowest BCUT2D eigenvalue weighted by Gasteiger charge is -2.27. The predicted octanol–water partition coefficient (Wildman–Crippen LogP) is 13.0. The molecule has 0 radical (unpaired) electrons. The minimum atomic E-state index is -0.0242. The van der Waals surface area contributed by atoms with Crippen LogP contribution in [0.1, 0.15) is 20.8 Å². The van der Waals surface area contributed by atoms with Crippen LogP contribution in [0.3, 0.4) is 0 Å². The maximum absolute atomic E-state index is 2.47. The molecule has 0 aliphatic carbocycles. The molecule has 232 valence electrons. The summed E-state index contributed by atoms with van der Waals surface area (Å²) in [6.45, 7) is 6.84. The van der Waals surface area contributed by atoms with E-state index in [1.165, 1.54) is 55.2 Å². The summed E-state index contributed by atoms with van der Waals surface area (Å²) in [6.07, 6.45) is 0. The van der Waals surface area contributed by atoms with E-state index in [9.17, 15) is 0 Å². The zero-order chi connectivity index (χ0) is 32.7. The molecule has 0 unspecified atom stereocenters. The molecule has 0 spiro atoms. The summed E-state index contributed by atoms with van der Waals surface area (Å²) in [4.78, 5) is 2.36. The van der Waals surface area contributed by atoms with Crippen molar-refractivity contribution in [2.24, 2.45) is 0 Å². The first-order valence-corrected chi connectivity index (χ1v) is 16.7. The minimum Gasteiger partial charge on any atom is -0.335 e. The van der Waals surface area contributed by atoms with Gasteiger partial charge in [0.05, 0.1) is 0 Å². The van der Waals surface area contributed by atoms with Gasteiger partial charge in [-0.15, -0.1) is 0 Å². The molecule has 1 aromatic heterocycles. The summed E-state index contributed by atoms with van der Waals surface area (Å²) in [5.74, 6) is 0. The molecule has 48 heavy (non-hydrogen) atoms. The number of para-hydroxylation sites is 1. The fourth-order valence-electron chi connectivity index (χ4n) is 7.04. The summed E-state index contributed by atoms with van der Waals surface area (Å²) in [7, 11) is 0. The zero-order valence-corrected chi connectivity index (χ0v) is 27.6. The monoisotopic (exact) mass is 618 g/mol. The van der Waals surface area contributed by atoms with Gasteiger partial charge in [0.25, 0.3) is 0 Å². The Bertz CT molecular complexity index is 2280. The van der Waals surface area contributed by atoms with Gasteiger partial charge in [-0.1, -0.05) is 121 Å². The lowest BCUT2D eigenvalue weighted by molar-refractivity contribution is 0.423. The van der Waals surface area contributed by atoms with Gasteiger partial charge >= 0.3 is 0 Å². The number of fused-ring (bicyclic) bond motifs is 3. The number of nitrogens with zero attached hydrogens (tertiary/aromatic N) is 2. The van der Waals surface area contributed by atoms with Crippen molar-refractivity contribution < 1.29 is 0 Å². The van der Waals surface area contributed by atoms with E-state index < -0.39 is 0 Å². The molecule has 0 N–H and O–H groups in total. The van der Waals surface area contributed by atoms with Gasteiger partial charge in [0, 0.05) is 44.4 Å². The first kappa shape index (κ1) is 29.5. The van der Waals surface area contributed by atoms with Crippen LogP contribution in [-0.4, -0.2) is 4.57 Å². The van der Waals surface area contributed by atoms with Gasteiger partial charge in [-0.05, 0) is 109 Å². The second kappa shape index (κ2) is 12.1. The summed E-state index contributed by atoms with van der Waals surface area (Å²) in [6, 6.07) is 63.6. The maximum atomic E-state index is 2.47. The van der Waals surface area contributed by atoms with Gasteiger partial charge in [-0.3, -0.25) is 0 Å². The molecule has 8 rings (SSSR count). The first-order valence-electron chi connectivity index (χ1n) is 16.7. The molecule has 0 fully saturated rings. The second-order valence-corrected chi connectivity index (χ2v) is 13.5. The Labute approximate surface area is 283 Å². The maximum Gasteiger partial charge on any atom is 0.0496 e. The highest BCUT2D eigenvalue weighted by Gasteiger charge is 2.21. The van der Waals surface area contributed by atoms with E-state index in [2.05, 4.69) is 206 Å². The highest BCUT2D eigenvalue weighted by molar-refractivity contribution is 6.09. The molecule has 2 heteroatoms. The highest BCUT2D eigenvalue weighted by atomic mass is 15.1. The molecule has 0 atom stereocenters. The SMILES string of the molecule is CC(C)(C)n1c2ccccc2c2cc(-c3ccc(N(c4cccc(-c5ccccc5)c4)c4cccc(-c5ccccc5)c4)cc3)ccc21. The van der Waals surface area contributed by atoms with Crippen molar-refractivity contribution in [3.8, 4) is 33.4 Å². The highest BCUT2D eigenvalue weighted by Crippen LogP contribution is 2.40. The Morgan fingerprint density at radius 2 is 0.812 bits per heavy atom. The van der Waals surface area contributed by atoms with Gasteiger partial charge in [0.2, 0.25) is 0 Å². The normalized spacial score (nSPS) is 11.6. The van der Waals surface area contributed by atoms with E-state index in [4.69, 9.17) is 0 Å². The van der Waals surface area contributed by atoms with Crippen LogP contribution in [0.25, 0.3) is 55.2 Å². The smallest absolute Gasteiger partial charge is 0.0496 e. The molecule has 8 aromatic rings. The predicted molar refractivity (Wildman–Crippen MR) is 205 cm³/mol. The van der Waals surface area contributed by atoms with Crippen molar-refractivity contribution in [2.75, 3.05) is 4.90 Å². The van der Waals surface area contributed by atoms with E-state index in [1.54, 1.807) is 0 Å². The molecule has 0 bridgehead atoms. The summed E-state index contributed by atoms with van der Waals surface area (Å²) >= 11 is 0. The van der Waals surface area contributed by atoms with Gasteiger partial charge in [0.1, 0.15) is 0 Å². The molecular formula is C46H38N2. The summed E-state index contributed by atoms with van der Waals surface area (Å²) in [5, 5.41) is 2.59. The molecular weight excluding hydrogens is 581 g/mol. The van der Waals surface area contributed by atoms with E-state index in [0.717, 1.165) is 17.1 Å². The molecule has 0 aliphatic rings. The Kier molecular flexibility index (Phi) is 7.42. The Balaban J connectivity index is 1.23.